The second-order valence-corrected chi connectivity index (χ2v) is 5.08. The average Bonchev–Trinajstić information content (AvgIpc) is 2.38. The molecule has 0 aromatic heterocycles. The first kappa shape index (κ1) is 12.6. The molecule has 1 aromatic rings. The van der Waals surface area contributed by atoms with Crippen molar-refractivity contribution in [3.05, 3.63) is 35.4 Å². The van der Waals surface area contributed by atoms with E-state index >= 15 is 0 Å². The summed E-state index contributed by atoms with van der Waals surface area (Å²) in [5.74, 6) is 1.30. The molecule has 1 aromatic carbocycles. The summed E-state index contributed by atoms with van der Waals surface area (Å²) in [6, 6.07) is 8.63. The molecule has 0 amide bonds. The Labute approximate surface area is 104 Å². The third kappa shape index (κ3) is 3.30. The Balaban J connectivity index is 2.03. The molecule has 2 nitrogen and oxygen atoms in total. The summed E-state index contributed by atoms with van der Waals surface area (Å²) in [6.07, 6.45) is 3.61. The zero-order valence-corrected chi connectivity index (χ0v) is 10.7. The van der Waals surface area contributed by atoms with E-state index in [1.54, 1.807) is 0 Å². The van der Waals surface area contributed by atoms with Gasteiger partial charge in [0.05, 0.1) is 0 Å². The number of aryl methyl sites for hydroxylation is 1. The van der Waals surface area contributed by atoms with Crippen LogP contribution >= 0.6 is 0 Å². The van der Waals surface area contributed by atoms with Gasteiger partial charge in [0.1, 0.15) is 0 Å². The van der Waals surface area contributed by atoms with E-state index < -0.39 is 0 Å². The van der Waals surface area contributed by atoms with Gasteiger partial charge in [-0.05, 0) is 55.7 Å². The minimum Gasteiger partial charge on any atom is -0.381 e. The number of hydrogen-bond donors (Lipinski definition) is 1. The lowest BCUT2D eigenvalue weighted by Crippen LogP contribution is -2.22. The molecule has 1 aliphatic rings. The Bertz CT molecular complexity index is 345. The van der Waals surface area contributed by atoms with Gasteiger partial charge in [-0.1, -0.05) is 24.3 Å². The Morgan fingerprint density at radius 2 is 2.00 bits per heavy atom. The van der Waals surface area contributed by atoms with Crippen molar-refractivity contribution in [3.8, 4) is 0 Å². The molecule has 0 bridgehead atoms. The van der Waals surface area contributed by atoms with E-state index in [1.165, 1.54) is 30.4 Å². The second kappa shape index (κ2) is 6.18. The van der Waals surface area contributed by atoms with Crippen LogP contribution in [0.4, 0.5) is 0 Å². The van der Waals surface area contributed by atoms with Crippen LogP contribution in [0.25, 0.3) is 0 Å². The molecule has 0 radical (unpaired) electrons. The van der Waals surface area contributed by atoms with Crippen molar-refractivity contribution in [2.24, 2.45) is 11.7 Å². The fourth-order valence-corrected chi connectivity index (χ4v) is 2.78. The maximum Gasteiger partial charge on any atom is 0.0468 e. The molecule has 17 heavy (non-hydrogen) atoms. The quantitative estimate of drug-likeness (QED) is 0.868. The highest BCUT2D eigenvalue weighted by molar-refractivity contribution is 5.29. The normalized spacial score (nSPS) is 19.2. The van der Waals surface area contributed by atoms with Gasteiger partial charge in [0.15, 0.2) is 0 Å². The molecule has 0 saturated carbocycles. The Morgan fingerprint density at radius 1 is 1.29 bits per heavy atom. The molecule has 94 valence electrons. The van der Waals surface area contributed by atoms with Crippen LogP contribution in [0.3, 0.4) is 0 Å². The molecule has 0 aliphatic carbocycles. The summed E-state index contributed by atoms with van der Waals surface area (Å²) in [5, 5.41) is 0. The highest BCUT2D eigenvalue weighted by Gasteiger charge is 2.20. The van der Waals surface area contributed by atoms with E-state index in [-0.39, 0.29) is 0 Å². The minimum absolute atomic E-state index is 0.513. The van der Waals surface area contributed by atoms with E-state index in [2.05, 4.69) is 31.2 Å². The van der Waals surface area contributed by atoms with Crippen molar-refractivity contribution in [2.45, 2.75) is 32.1 Å². The van der Waals surface area contributed by atoms with Crippen molar-refractivity contribution in [3.63, 3.8) is 0 Å². The molecule has 1 unspecified atom stereocenters. The van der Waals surface area contributed by atoms with E-state index in [0.29, 0.717) is 5.92 Å². The molecule has 1 heterocycles. The summed E-state index contributed by atoms with van der Waals surface area (Å²) < 4.78 is 5.41. The van der Waals surface area contributed by atoms with Crippen molar-refractivity contribution >= 4 is 0 Å². The monoisotopic (exact) mass is 233 g/mol. The molecule has 2 heteroatoms. The van der Waals surface area contributed by atoms with Gasteiger partial charge in [-0.25, -0.2) is 0 Å². The smallest absolute Gasteiger partial charge is 0.0468 e. The number of nitrogens with two attached hydrogens (primary N) is 1. The third-order valence-electron chi connectivity index (χ3n) is 3.87. The predicted molar refractivity (Wildman–Crippen MR) is 71.1 cm³/mol. The summed E-state index contributed by atoms with van der Waals surface area (Å²) >= 11 is 0. The summed E-state index contributed by atoms with van der Waals surface area (Å²) in [5.41, 5.74) is 8.76. The first-order chi connectivity index (χ1) is 8.31. The van der Waals surface area contributed by atoms with Crippen molar-refractivity contribution in [1.82, 2.24) is 0 Å². The number of hydrogen-bond acceptors (Lipinski definition) is 2. The Kier molecular flexibility index (Phi) is 4.57. The summed E-state index contributed by atoms with van der Waals surface area (Å²) in [6.45, 7) is 4.79. The maximum absolute atomic E-state index is 5.96. The van der Waals surface area contributed by atoms with E-state index in [9.17, 15) is 0 Å². The van der Waals surface area contributed by atoms with Crippen LogP contribution in [-0.4, -0.2) is 19.8 Å². The average molecular weight is 233 g/mol. The molecule has 1 fully saturated rings. The number of ether oxygens (including phenoxy) is 1. The van der Waals surface area contributed by atoms with Gasteiger partial charge < -0.3 is 10.5 Å². The van der Waals surface area contributed by atoms with Gasteiger partial charge in [0, 0.05) is 13.2 Å². The molecule has 1 saturated heterocycles. The first-order valence-electron chi connectivity index (χ1n) is 6.64. The standard InChI is InChI=1S/C15H23NO/c1-12-4-2-3-5-15(12)14(11-16)10-13-6-8-17-9-7-13/h2-5,13-14H,6-11,16H2,1H3. The van der Waals surface area contributed by atoms with Crippen LogP contribution in [0.2, 0.25) is 0 Å². The van der Waals surface area contributed by atoms with Crippen LogP contribution in [0.5, 0.6) is 0 Å². The van der Waals surface area contributed by atoms with E-state index in [4.69, 9.17) is 10.5 Å². The maximum atomic E-state index is 5.96. The first-order valence-corrected chi connectivity index (χ1v) is 6.64. The van der Waals surface area contributed by atoms with Crippen molar-refractivity contribution in [1.29, 1.82) is 0 Å². The lowest BCUT2D eigenvalue weighted by atomic mass is 9.83. The lowest BCUT2D eigenvalue weighted by Gasteiger charge is -2.27. The fourth-order valence-electron chi connectivity index (χ4n) is 2.78. The minimum atomic E-state index is 0.513. The molecule has 2 rings (SSSR count). The Hall–Kier alpha value is -0.860. The SMILES string of the molecule is Cc1ccccc1C(CN)CC1CCOCC1. The van der Waals surface area contributed by atoms with Gasteiger partial charge >= 0.3 is 0 Å². The topological polar surface area (TPSA) is 35.2 Å². The Morgan fingerprint density at radius 3 is 2.65 bits per heavy atom. The fraction of sp³-hybridized carbons (Fsp3) is 0.600. The molecular formula is C15H23NO. The van der Waals surface area contributed by atoms with Crippen LogP contribution in [0.15, 0.2) is 24.3 Å². The molecule has 2 N–H and O–H groups in total. The van der Waals surface area contributed by atoms with Crippen molar-refractivity contribution < 1.29 is 4.74 Å². The van der Waals surface area contributed by atoms with Crippen LogP contribution in [0, 0.1) is 12.8 Å². The van der Waals surface area contributed by atoms with Crippen LogP contribution in [0.1, 0.15) is 36.3 Å². The van der Waals surface area contributed by atoms with Gasteiger partial charge in [-0.3, -0.25) is 0 Å². The molecule has 0 spiro atoms. The summed E-state index contributed by atoms with van der Waals surface area (Å²) in [4.78, 5) is 0. The van der Waals surface area contributed by atoms with Gasteiger partial charge in [-0.2, -0.15) is 0 Å². The van der Waals surface area contributed by atoms with E-state index in [0.717, 1.165) is 25.7 Å². The van der Waals surface area contributed by atoms with Crippen LogP contribution < -0.4 is 5.73 Å². The summed E-state index contributed by atoms with van der Waals surface area (Å²) in [7, 11) is 0. The second-order valence-electron chi connectivity index (χ2n) is 5.08. The van der Waals surface area contributed by atoms with Crippen LogP contribution in [-0.2, 0) is 4.74 Å². The molecule has 1 aliphatic heterocycles. The zero-order chi connectivity index (χ0) is 12.1. The zero-order valence-electron chi connectivity index (χ0n) is 10.7. The van der Waals surface area contributed by atoms with Gasteiger partial charge in [-0.15, -0.1) is 0 Å². The lowest BCUT2D eigenvalue weighted by molar-refractivity contribution is 0.0619. The highest BCUT2D eigenvalue weighted by atomic mass is 16.5. The predicted octanol–water partition coefficient (Wildman–Crippen LogP) is 2.85. The number of benzene rings is 1. The van der Waals surface area contributed by atoms with E-state index in [1.807, 2.05) is 0 Å². The molecular weight excluding hydrogens is 210 g/mol. The van der Waals surface area contributed by atoms with Gasteiger partial charge in [0.2, 0.25) is 0 Å². The third-order valence-corrected chi connectivity index (χ3v) is 3.87. The largest absolute Gasteiger partial charge is 0.381 e. The highest BCUT2D eigenvalue weighted by Crippen LogP contribution is 2.30. The van der Waals surface area contributed by atoms with Crippen molar-refractivity contribution in [2.75, 3.05) is 19.8 Å². The number of rotatable bonds is 4. The molecule has 1 atom stereocenters. The van der Waals surface area contributed by atoms with Gasteiger partial charge in [0.25, 0.3) is 0 Å².